The highest BCUT2D eigenvalue weighted by atomic mass is 16.5. The lowest BCUT2D eigenvalue weighted by Gasteiger charge is -2.38. The Hall–Kier alpha value is -1.14. The van der Waals surface area contributed by atoms with Gasteiger partial charge in [0.25, 0.3) is 0 Å². The van der Waals surface area contributed by atoms with Crippen LogP contribution in [0.1, 0.15) is 27.2 Å². The van der Waals surface area contributed by atoms with Crippen molar-refractivity contribution >= 4 is 11.9 Å². The van der Waals surface area contributed by atoms with Gasteiger partial charge in [-0.05, 0) is 20.8 Å². The fraction of sp³-hybridized carbons (Fsp3) is 0.833. The molecule has 2 N–H and O–H groups in total. The summed E-state index contributed by atoms with van der Waals surface area (Å²) in [4.78, 5) is 24.7. The molecule has 2 atom stereocenters. The SMILES string of the molecule is CC1COC(CO)CN1C(=O)CC(C)(C)C(=O)O. The molecule has 18 heavy (non-hydrogen) atoms. The number of aliphatic hydroxyl groups excluding tert-OH is 1. The van der Waals surface area contributed by atoms with Crippen LogP contribution in [-0.4, -0.2) is 58.9 Å². The minimum absolute atomic E-state index is 0.0508. The maximum Gasteiger partial charge on any atom is 0.309 e. The van der Waals surface area contributed by atoms with Gasteiger partial charge in [-0.2, -0.15) is 0 Å². The van der Waals surface area contributed by atoms with Gasteiger partial charge in [-0.3, -0.25) is 9.59 Å². The van der Waals surface area contributed by atoms with Crippen LogP contribution in [0.15, 0.2) is 0 Å². The van der Waals surface area contributed by atoms with Crippen LogP contribution >= 0.6 is 0 Å². The average molecular weight is 259 g/mol. The van der Waals surface area contributed by atoms with Gasteiger partial charge in [-0.1, -0.05) is 0 Å². The van der Waals surface area contributed by atoms with E-state index in [9.17, 15) is 9.59 Å². The van der Waals surface area contributed by atoms with Crippen molar-refractivity contribution in [1.29, 1.82) is 0 Å². The molecule has 0 saturated carbocycles. The Bertz CT molecular complexity index is 328. The van der Waals surface area contributed by atoms with Crippen LogP contribution in [0.5, 0.6) is 0 Å². The van der Waals surface area contributed by atoms with E-state index in [4.69, 9.17) is 14.9 Å². The summed E-state index contributed by atoms with van der Waals surface area (Å²) in [5, 5.41) is 18.1. The van der Waals surface area contributed by atoms with E-state index in [-0.39, 0.29) is 31.1 Å². The number of morpholine rings is 1. The molecule has 1 aliphatic rings. The first-order valence-corrected chi connectivity index (χ1v) is 6.03. The van der Waals surface area contributed by atoms with Gasteiger partial charge in [0, 0.05) is 13.0 Å². The van der Waals surface area contributed by atoms with Gasteiger partial charge in [0.05, 0.1) is 30.8 Å². The van der Waals surface area contributed by atoms with Crippen molar-refractivity contribution in [3.63, 3.8) is 0 Å². The molecule has 6 nitrogen and oxygen atoms in total. The Balaban J connectivity index is 2.67. The maximum absolute atomic E-state index is 12.1. The molecule has 0 aromatic rings. The van der Waals surface area contributed by atoms with E-state index >= 15 is 0 Å². The van der Waals surface area contributed by atoms with Gasteiger partial charge < -0.3 is 19.8 Å². The van der Waals surface area contributed by atoms with E-state index in [1.807, 2.05) is 6.92 Å². The summed E-state index contributed by atoms with van der Waals surface area (Å²) < 4.78 is 5.34. The third-order valence-corrected chi connectivity index (χ3v) is 3.20. The Morgan fingerprint density at radius 2 is 2.06 bits per heavy atom. The Labute approximate surface area is 107 Å². The Kier molecular flexibility index (Phi) is 4.70. The summed E-state index contributed by atoms with van der Waals surface area (Å²) in [5.41, 5.74) is -1.08. The van der Waals surface area contributed by atoms with Crippen LogP contribution in [0.3, 0.4) is 0 Å². The molecular weight excluding hydrogens is 238 g/mol. The first-order valence-electron chi connectivity index (χ1n) is 6.03. The summed E-state index contributed by atoms with van der Waals surface area (Å²) in [5.74, 6) is -1.20. The zero-order chi connectivity index (χ0) is 13.9. The molecule has 0 aromatic carbocycles. The van der Waals surface area contributed by atoms with Gasteiger partial charge >= 0.3 is 5.97 Å². The molecule has 1 saturated heterocycles. The third kappa shape index (κ3) is 3.43. The van der Waals surface area contributed by atoms with Crippen molar-refractivity contribution in [3.05, 3.63) is 0 Å². The van der Waals surface area contributed by atoms with Crippen LogP contribution in [0.4, 0.5) is 0 Å². The summed E-state index contributed by atoms with van der Waals surface area (Å²) in [7, 11) is 0. The van der Waals surface area contributed by atoms with Crippen molar-refractivity contribution < 1.29 is 24.5 Å². The minimum Gasteiger partial charge on any atom is -0.481 e. The van der Waals surface area contributed by atoms with Gasteiger partial charge in [-0.15, -0.1) is 0 Å². The average Bonchev–Trinajstić information content (AvgIpc) is 2.28. The molecule has 1 rings (SSSR count). The van der Waals surface area contributed by atoms with Gasteiger partial charge in [0.1, 0.15) is 0 Å². The lowest BCUT2D eigenvalue weighted by atomic mass is 9.88. The number of amides is 1. The number of hydrogen-bond donors (Lipinski definition) is 2. The zero-order valence-corrected chi connectivity index (χ0v) is 11.0. The third-order valence-electron chi connectivity index (χ3n) is 3.20. The van der Waals surface area contributed by atoms with Crippen molar-refractivity contribution in [2.45, 2.75) is 39.3 Å². The largest absolute Gasteiger partial charge is 0.481 e. The van der Waals surface area contributed by atoms with Crippen molar-refractivity contribution in [3.8, 4) is 0 Å². The Morgan fingerprint density at radius 1 is 1.44 bits per heavy atom. The number of carbonyl (C=O) groups excluding carboxylic acids is 1. The molecule has 2 unspecified atom stereocenters. The zero-order valence-electron chi connectivity index (χ0n) is 11.0. The van der Waals surface area contributed by atoms with Crippen LogP contribution < -0.4 is 0 Å². The summed E-state index contributed by atoms with van der Waals surface area (Å²) in [6.07, 6.45) is -0.428. The fourth-order valence-electron chi connectivity index (χ4n) is 1.83. The molecule has 1 amide bonds. The van der Waals surface area contributed by atoms with Crippen molar-refractivity contribution in [1.82, 2.24) is 4.90 Å². The van der Waals surface area contributed by atoms with E-state index in [1.54, 1.807) is 4.90 Å². The van der Waals surface area contributed by atoms with E-state index in [2.05, 4.69) is 0 Å². The van der Waals surface area contributed by atoms with E-state index < -0.39 is 11.4 Å². The number of carbonyl (C=O) groups is 2. The monoisotopic (exact) mass is 259 g/mol. The predicted molar refractivity (Wildman–Crippen MR) is 64.0 cm³/mol. The van der Waals surface area contributed by atoms with Gasteiger partial charge in [0.2, 0.25) is 5.91 Å². The van der Waals surface area contributed by atoms with Crippen molar-refractivity contribution in [2.75, 3.05) is 19.8 Å². The second kappa shape index (κ2) is 5.67. The molecule has 0 aliphatic carbocycles. The molecule has 1 heterocycles. The summed E-state index contributed by atoms with van der Waals surface area (Å²) in [6.45, 7) is 5.44. The van der Waals surface area contributed by atoms with Gasteiger partial charge in [0.15, 0.2) is 0 Å². The molecule has 0 bridgehead atoms. The quantitative estimate of drug-likeness (QED) is 0.747. The highest BCUT2D eigenvalue weighted by Crippen LogP contribution is 2.23. The number of carboxylic acid groups (broad SMARTS) is 1. The molecular formula is C12H21NO5. The molecule has 1 fully saturated rings. The molecule has 6 heteroatoms. The highest BCUT2D eigenvalue weighted by molar-refractivity contribution is 5.84. The smallest absolute Gasteiger partial charge is 0.309 e. The fourth-order valence-corrected chi connectivity index (χ4v) is 1.83. The lowest BCUT2D eigenvalue weighted by Crippen LogP contribution is -2.53. The lowest BCUT2D eigenvalue weighted by molar-refractivity contribution is -0.156. The van der Waals surface area contributed by atoms with Crippen LogP contribution in [0.2, 0.25) is 0 Å². The molecule has 0 spiro atoms. The second-order valence-electron chi connectivity index (χ2n) is 5.40. The van der Waals surface area contributed by atoms with Gasteiger partial charge in [-0.25, -0.2) is 0 Å². The first-order chi connectivity index (χ1) is 8.27. The number of aliphatic carboxylic acids is 1. The normalized spacial score (nSPS) is 25.0. The summed E-state index contributed by atoms with van der Waals surface area (Å²) in [6, 6.07) is -0.0927. The standard InChI is InChI=1S/C12H21NO5/c1-8-7-18-9(6-14)5-13(8)10(15)4-12(2,3)11(16)17/h8-9,14H,4-7H2,1-3H3,(H,16,17). The Morgan fingerprint density at radius 3 is 2.56 bits per heavy atom. The van der Waals surface area contributed by atoms with Crippen LogP contribution in [0, 0.1) is 5.41 Å². The van der Waals surface area contributed by atoms with Crippen molar-refractivity contribution in [2.24, 2.45) is 5.41 Å². The number of carboxylic acids is 1. The number of ether oxygens (including phenoxy) is 1. The van der Waals surface area contributed by atoms with E-state index in [0.717, 1.165) is 0 Å². The molecule has 104 valence electrons. The maximum atomic E-state index is 12.1. The number of aliphatic hydroxyl groups is 1. The van der Waals surface area contributed by atoms with Crippen LogP contribution in [-0.2, 0) is 14.3 Å². The number of nitrogens with zero attached hydrogens (tertiary/aromatic N) is 1. The molecule has 1 aliphatic heterocycles. The summed E-state index contributed by atoms with van der Waals surface area (Å²) >= 11 is 0. The molecule has 0 radical (unpaired) electrons. The topological polar surface area (TPSA) is 87.1 Å². The molecule has 0 aromatic heterocycles. The number of hydrogen-bond acceptors (Lipinski definition) is 4. The predicted octanol–water partition coefficient (Wildman–Crippen LogP) is 0.0955. The first kappa shape index (κ1) is 14.9. The second-order valence-corrected chi connectivity index (χ2v) is 5.40. The number of rotatable bonds is 4. The van der Waals surface area contributed by atoms with E-state index in [0.29, 0.717) is 13.2 Å². The minimum atomic E-state index is -1.08. The van der Waals surface area contributed by atoms with E-state index in [1.165, 1.54) is 13.8 Å². The van der Waals surface area contributed by atoms with Crippen LogP contribution in [0.25, 0.3) is 0 Å². The highest BCUT2D eigenvalue weighted by Gasteiger charge is 2.35.